The summed E-state index contributed by atoms with van der Waals surface area (Å²) in [6.07, 6.45) is 3.89. The zero-order valence-corrected chi connectivity index (χ0v) is 15.1. The summed E-state index contributed by atoms with van der Waals surface area (Å²) < 4.78 is 10.9. The van der Waals surface area contributed by atoms with Crippen LogP contribution in [0, 0.1) is 0 Å². The van der Waals surface area contributed by atoms with Crippen LogP contribution in [0.2, 0.25) is 0 Å². The van der Waals surface area contributed by atoms with Gasteiger partial charge in [0, 0.05) is 11.2 Å². The lowest BCUT2D eigenvalue weighted by Crippen LogP contribution is -2.40. The number of hydrazine groups is 1. The first-order chi connectivity index (χ1) is 12.8. The highest BCUT2D eigenvalue weighted by Crippen LogP contribution is 2.44. The monoisotopic (exact) mass is 360 g/mol. The van der Waals surface area contributed by atoms with Crippen molar-refractivity contribution >= 4 is 25.7 Å². The Bertz CT molecular complexity index is 966. The fourth-order valence-electron chi connectivity index (χ4n) is 3.32. The third kappa shape index (κ3) is 2.57. The van der Waals surface area contributed by atoms with Crippen molar-refractivity contribution in [1.29, 1.82) is 0 Å². The number of ether oxygens (including phenoxy) is 1. The van der Waals surface area contributed by atoms with E-state index in [-0.39, 0.29) is 5.92 Å². The Hall–Kier alpha value is -2.75. The van der Waals surface area contributed by atoms with E-state index in [2.05, 4.69) is 52.7 Å². The molecule has 128 valence electrons. The third-order valence-electron chi connectivity index (χ3n) is 4.52. The number of benzene rings is 2. The number of hydrogen-bond donors (Lipinski definition) is 1. The molecule has 2 aromatic carbocycles. The molecular weight excluding hydrogens is 343 g/mol. The Morgan fingerprint density at radius 1 is 1.04 bits per heavy atom. The molecule has 0 amide bonds. The molecule has 0 aromatic heterocycles. The maximum Gasteiger partial charge on any atom is 0.228 e. The Kier molecular flexibility index (Phi) is 3.70. The second kappa shape index (κ2) is 6.20. The van der Waals surface area contributed by atoms with Gasteiger partial charge in [-0.05, 0) is 18.6 Å². The van der Waals surface area contributed by atoms with Gasteiger partial charge in [-0.15, -0.1) is 0 Å². The summed E-state index contributed by atoms with van der Waals surface area (Å²) in [7, 11) is -0.860. The Labute approximate surface area is 153 Å². The van der Waals surface area contributed by atoms with E-state index in [1.807, 2.05) is 36.2 Å². The standard InChI is InChI=1S/C20H17N4OP/c1-14-12-17(15-8-4-2-5-9-15)18-19-22-26(16-10-6-3-7-11-16)23-24(19)13-21-20(18)25-14/h2-13,17,23H,1H3. The van der Waals surface area contributed by atoms with Crippen LogP contribution in [0.25, 0.3) is 0 Å². The van der Waals surface area contributed by atoms with Gasteiger partial charge >= 0.3 is 0 Å². The van der Waals surface area contributed by atoms with Crippen LogP contribution in [0.5, 0.6) is 0 Å². The summed E-state index contributed by atoms with van der Waals surface area (Å²) in [5, 5.41) is 6.56. The predicted molar refractivity (Wildman–Crippen MR) is 105 cm³/mol. The SMILES string of the molecule is CC1=CC(c2ccccc2)C2=C(N=CN3NP(c4ccccc4)N=C23)O1. The van der Waals surface area contributed by atoms with Gasteiger partial charge < -0.3 is 4.74 Å². The molecule has 2 unspecified atom stereocenters. The number of hydrogen-bond acceptors (Lipinski definition) is 5. The summed E-state index contributed by atoms with van der Waals surface area (Å²) in [6, 6.07) is 20.7. The van der Waals surface area contributed by atoms with E-state index in [9.17, 15) is 0 Å². The fourth-order valence-corrected chi connectivity index (χ4v) is 4.79. The molecule has 5 nitrogen and oxygen atoms in total. The molecule has 5 rings (SSSR count). The molecule has 0 saturated carbocycles. The van der Waals surface area contributed by atoms with Crippen molar-refractivity contribution in [2.75, 3.05) is 0 Å². The minimum atomic E-state index is -0.860. The number of amidine groups is 1. The van der Waals surface area contributed by atoms with E-state index in [0.717, 1.165) is 17.2 Å². The maximum absolute atomic E-state index is 5.91. The zero-order chi connectivity index (χ0) is 17.5. The highest BCUT2D eigenvalue weighted by molar-refractivity contribution is 7.62. The van der Waals surface area contributed by atoms with Crippen LogP contribution in [0.1, 0.15) is 18.4 Å². The quantitative estimate of drug-likeness (QED) is 0.829. The smallest absolute Gasteiger partial charge is 0.228 e. The van der Waals surface area contributed by atoms with Gasteiger partial charge in [0.05, 0.1) is 5.57 Å². The van der Waals surface area contributed by atoms with E-state index in [4.69, 9.17) is 9.50 Å². The lowest BCUT2D eigenvalue weighted by molar-refractivity contribution is 0.285. The Balaban J connectivity index is 1.59. The first-order valence-corrected chi connectivity index (χ1v) is 9.78. The van der Waals surface area contributed by atoms with E-state index in [1.54, 1.807) is 6.34 Å². The maximum atomic E-state index is 5.91. The second-order valence-corrected chi connectivity index (χ2v) is 7.81. The molecule has 6 heteroatoms. The Morgan fingerprint density at radius 2 is 1.77 bits per heavy atom. The van der Waals surface area contributed by atoms with Crippen molar-refractivity contribution in [2.45, 2.75) is 12.8 Å². The molecule has 1 N–H and O–H groups in total. The molecule has 3 aliphatic rings. The van der Waals surface area contributed by atoms with Crippen molar-refractivity contribution in [3.63, 3.8) is 0 Å². The van der Waals surface area contributed by atoms with Gasteiger partial charge in [0.25, 0.3) is 0 Å². The van der Waals surface area contributed by atoms with Gasteiger partial charge in [-0.2, -0.15) is 5.20 Å². The number of nitrogens with zero attached hydrogens (tertiary/aromatic N) is 3. The zero-order valence-electron chi connectivity index (χ0n) is 14.2. The van der Waals surface area contributed by atoms with Crippen molar-refractivity contribution < 1.29 is 4.74 Å². The first kappa shape index (κ1) is 15.5. The van der Waals surface area contributed by atoms with Crippen LogP contribution in [-0.2, 0) is 4.74 Å². The molecule has 0 radical (unpaired) electrons. The number of rotatable bonds is 2. The molecule has 0 bridgehead atoms. The highest BCUT2D eigenvalue weighted by Gasteiger charge is 2.38. The molecule has 0 saturated heterocycles. The summed E-state index contributed by atoms with van der Waals surface area (Å²) in [5.41, 5.74) is 2.22. The van der Waals surface area contributed by atoms with E-state index >= 15 is 0 Å². The van der Waals surface area contributed by atoms with E-state index in [0.29, 0.717) is 5.88 Å². The molecule has 2 aromatic rings. The van der Waals surface area contributed by atoms with Crippen LogP contribution in [0.15, 0.2) is 93.7 Å². The fraction of sp³-hybridized carbons (Fsp3) is 0.100. The minimum Gasteiger partial charge on any atom is -0.443 e. The molecular formula is C20H17N4OP. The molecule has 26 heavy (non-hydrogen) atoms. The predicted octanol–water partition coefficient (Wildman–Crippen LogP) is 3.81. The van der Waals surface area contributed by atoms with Gasteiger partial charge in [-0.25, -0.2) is 14.8 Å². The lowest BCUT2D eigenvalue weighted by atomic mass is 9.88. The highest BCUT2D eigenvalue weighted by atomic mass is 31.1. The molecule has 3 aliphatic heterocycles. The topological polar surface area (TPSA) is 49.2 Å². The second-order valence-electron chi connectivity index (χ2n) is 6.27. The summed E-state index contributed by atoms with van der Waals surface area (Å²) in [5.74, 6) is 2.47. The largest absolute Gasteiger partial charge is 0.443 e. The first-order valence-electron chi connectivity index (χ1n) is 8.49. The average molecular weight is 360 g/mol. The number of fused-ring (bicyclic) bond motifs is 2. The average Bonchev–Trinajstić information content (AvgIpc) is 3.13. The number of aliphatic imine (C=N–C) groups is 1. The molecule has 2 atom stereocenters. The van der Waals surface area contributed by atoms with Crippen LogP contribution in [0.4, 0.5) is 0 Å². The van der Waals surface area contributed by atoms with Crippen LogP contribution < -0.4 is 10.5 Å². The van der Waals surface area contributed by atoms with Gasteiger partial charge in [-0.3, -0.25) is 0 Å². The van der Waals surface area contributed by atoms with Gasteiger partial charge in [0.2, 0.25) is 5.88 Å². The molecule has 0 fully saturated rings. The Morgan fingerprint density at radius 3 is 2.54 bits per heavy atom. The van der Waals surface area contributed by atoms with Crippen molar-refractivity contribution in [3.05, 3.63) is 89.5 Å². The summed E-state index contributed by atoms with van der Waals surface area (Å²) in [4.78, 5) is 4.53. The number of allylic oxidation sites excluding steroid dienone is 2. The number of nitrogens with one attached hydrogen (secondary N) is 1. The van der Waals surface area contributed by atoms with Crippen LogP contribution >= 0.6 is 8.22 Å². The normalized spacial score (nSPS) is 23.8. The van der Waals surface area contributed by atoms with Gasteiger partial charge in [0.15, 0.2) is 5.84 Å². The van der Waals surface area contributed by atoms with Crippen molar-refractivity contribution in [3.8, 4) is 0 Å². The summed E-state index contributed by atoms with van der Waals surface area (Å²) >= 11 is 0. The van der Waals surface area contributed by atoms with E-state index < -0.39 is 8.22 Å². The van der Waals surface area contributed by atoms with Gasteiger partial charge in [0.1, 0.15) is 20.3 Å². The minimum absolute atomic E-state index is 0.0752. The molecule has 3 heterocycles. The molecule has 0 aliphatic carbocycles. The van der Waals surface area contributed by atoms with Crippen LogP contribution in [0.3, 0.4) is 0 Å². The van der Waals surface area contributed by atoms with Crippen molar-refractivity contribution in [1.82, 2.24) is 10.2 Å². The third-order valence-corrected chi connectivity index (χ3v) is 6.10. The summed E-state index contributed by atoms with van der Waals surface area (Å²) in [6.45, 7) is 1.97. The van der Waals surface area contributed by atoms with Crippen molar-refractivity contribution in [2.24, 2.45) is 9.76 Å². The van der Waals surface area contributed by atoms with E-state index in [1.165, 1.54) is 10.9 Å². The van der Waals surface area contributed by atoms with Gasteiger partial charge in [-0.1, -0.05) is 60.7 Å². The van der Waals surface area contributed by atoms with Crippen LogP contribution in [-0.4, -0.2) is 17.2 Å². The lowest BCUT2D eigenvalue weighted by Gasteiger charge is -2.30. The molecule has 0 spiro atoms.